The number of carbonyl (C=O) groups excluding carboxylic acids is 2. The van der Waals surface area contributed by atoms with Crippen molar-refractivity contribution in [3.05, 3.63) is 42.2 Å². The summed E-state index contributed by atoms with van der Waals surface area (Å²) >= 11 is 0. The lowest BCUT2D eigenvalue weighted by molar-refractivity contribution is 0.0935. The molecule has 8 nitrogen and oxygen atoms in total. The number of nitrogen functional groups attached to an aromatic ring is 1. The molecule has 0 atom stereocenters. The van der Waals surface area contributed by atoms with Crippen molar-refractivity contribution in [2.24, 2.45) is 5.84 Å². The predicted octanol–water partition coefficient (Wildman–Crippen LogP) is -0.339. The van der Waals surface area contributed by atoms with Crippen LogP contribution in [0.25, 0.3) is 0 Å². The smallest absolute Gasteiger partial charge is 0.286 e. The van der Waals surface area contributed by atoms with Crippen LogP contribution in [-0.4, -0.2) is 26.8 Å². The summed E-state index contributed by atoms with van der Waals surface area (Å²) in [6.45, 7) is 0. The van der Waals surface area contributed by atoms with Gasteiger partial charge in [0.25, 0.3) is 11.8 Å². The number of aromatic amines is 1. The molecule has 0 aromatic carbocycles. The Morgan fingerprint density at radius 3 is 2.61 bits per heavy atom. The molecule has 8 heteroatoms. The van der Waals surface area contributed by atoms with Crippen LogP contribution in [0.1, 0.15) is 21.0 Å². The summed E-state index contributed by atoms with van der Waals surface area (Å²) in [4.78, 5) is 33.4. The molecule has 2 aromatic heterocycles. The molecular weight excluding hydrogens is 236 g/mol. The van der Waals surface area contributed by atoms with Crippen LogP contribution in [0.4, 0.5) is 5.69 Å². The zero-order valence-corrected chi connectivity index (χ0v) is 9.18. The van der Waals surface area contributed by atoms with Crippen LogP contribution in [0, 0.1) is 0 Å². The average molecular weight is 246 g/mol. The zero-order valence-electron chi connectivity index (χ0n) is 9.18. The summed E-state index contributed by atoms with van der Waals surface area (Å²) in [5.41, 5.74) is 2.45. The van der Waals surface area contributed by atoms with Gasteiger partial charge < -0.3 is 10.3 Å². The Kier molecular flexibility index (Phi) is 3.30. The Hall–Kier alpha value is -2.74. The summed E-state index contributed by atoms with van der Waals surface area (Å²) in [6.07, 6.45) is 4.32. The third-order valence-electron chi connectivity index (χ3n) is 2.15. The number of nitrogens with two attached hydrogens (primary N) is 1. The van der Waals surface area contributed by atoms with E-state index in [0.717, 1.165) is 0 Å². The second-order valence-electron chi connectivity index (χ2n) is 3.29. The van der Waals surface area contributed by atoms with Crippen LogP contribution in [0.15, 0.2) is 30.9 Å². The fraction of sp³-hybridized carbons (Fsp3) is 0. The lowest BCUT2D eigenvalue weighted by atomic mass is 10.3. The normalized spacial score (nSPS) is 9.83. The summed E-state index contributed by atoms with van der Waals surface area (Å²) < 4.78 is 0. The van der Waals surface area contributed by atoms with Crippen molar-refractivity contribution in [1.82, 2.24) is 20.4 Å². The molecule has 5 N–H and O–H groups in total. The molecule has 2 rings (SSSR count). The van der Waals surface area contributed by atoms with Gasteiger partial charge in [-0.3, -0.25) is 20.0 Å². The van der Waals surface area contributed by atoms with Crippen molar-refractivity contribution in [2.45, 2.75) is 0 Å². The number of nitrogens with one attached hydrogen (secondary N) is 3. The number of nitrogens with zero attached hydrogens (tertiary/aromatic N) is 2. The number of amides is 2. The lowest BCUT2D eigenvalue weighted by Gasteiger charge is -2.04. The molecule has 0 fully saturated rings. The highest BCUT2D eigenvalue weighted by molar-refractivity contribution is 6.09. The second kappa shape index (κ2) is 5.06. The van der Waals surface area contributed by atoms with E-state index in [0.29, 0.717) is 5.69 Å². The van der Waals surface area contributed by atoms with Gasteiger partial charge >= 0.3 is 0 Å². The van der Waals surface area contributed by atoms with Gasteiger partial charge in [0.2, 0.25) is 0 Å². The van der Waals surface area contributed by atoms with Gasteiger partial charge in [0, 0.05) is 18.1 Å². The van der Waals surface area contributed by atoms with Crippen molar-refractivity contribution >= 4 is 17.5 Å². The van der Waals surface area contributed by atoms with E-state index < -0.39 is 11.8 Å². The first-order chi connectivity index (χ1) is 8.72. The summed E-state index contributed by atoms with van der Waals surface area (Å²) in [6, 6.07) is 3.24. The Labute approximate surface area is 102 Å². The van der Waals surface area contributed by atoms with Crippen molar-refractivity contribution in [2.75, 3.05) is 5.32 Å². The number of H-pyrrole nitrogens is 1. The highest BCUT2D eigenvalue weighted by Crippen LogP contribution is 2.08. The third kappa shape index (κ3) is 2.33. The fourth-order valence-corrected chi connectivity index (χ4v) is 1.34. The van der Waals surface area contributed by atoms with Gasteiger partial charge in [-0.1, -0.05) is 0 Å². The van der Waals surface area contributed by atoms with Crippen molar-refractivity contribution < 1.29 is 9.59 Å². The molecule has 0 radical (unpaired) electrons. The largest absolute Gasteiger partial charge is 0.340 e. The van der Waals surface area contributed by atoms with E-state index >= 15 is 0 Å². The first-order valence-electron chi connectivity index (χ1n) is 4.98. The highest BCUT2D eigenvalue weighted by Gasteiger charge is 2.19. The minimum absolute atomic E-state index is 0.0368. The van der Waals surface area contributed by atoms with Gasteiger partial charge in [-0.05, 0) is 12.1 Å². The van der Waals surface area contributed by atoms with Crippen LogP contribution in [-0.2, 0) is 0 Å². The predicted molar refractivity (Wildman–Crippen MR) is 62.4 cm³/mol. The van der Waals surface area contributed by atoms with Crippen LogP contribution >= 0.6 is 0 Å². The number of aromatic nitrogens is 3. The molecule has 0 unspecified atom stereocenters. The minimum atomic E-state index is -0.642. The molecule has 0 bridgehead atoms. The maximum absolute atomic E-state index is 11.9. The van der Waals surface area contributed by atoms with Gasteiger partial charge in [0.15, 0.2) is 5.69 Å². The van der Waals surface area contributed by atoms with E-state index in [-0.39, 0.29) is 11.4 Å². The van der Waals surface area contributed by atoms with Crippen LogP contribution in [0.5, 0.6) is 0 Å². The molecule has 0 spiro atoms. The minimum Gasteiger partial charge on any atom is -0.340 e. The number of hydrogen-bond donors (Lipinski definition) is 4. The zero-order chi connectivity index (χ0) is 13.0. The first kappa shape index (κ1) is 11.7. The van der Waals surface area contributed by atoms with Gasteiger partial charge in [-0.2, -0.15) is 0 Å². The van der Waals surface area contributed by atoms with Gasteiger partial charge in [0.1, 0.15) is 5.69 Å². The molecule has 92 valence electrons. The summed E-state index contributed by atoms with van der Waals surface area (Å²) in [5, 5.41) is 2.59. The van der Waals surface area contributed by atoms with E-state index in [2.05, 4.69) is 20.3 Å². The molecule has 2 aromatic rings. The first-order valence-corrected chi connectivity index (χ1v) is 4.98. The van der Waals surface area contributed by atoms with E-state index in [1.165, 1.54) is 18.7 Å². The van der Waals surface area contributed by atoms with Gasteiger partial charge in [-0.15, -0.1) is 0 Å². The molecule has 2 amide bonds. The number of anilines is 1. The number of hydrazine groups is 1. The molecular formula is C10H10N6O2. The average Bonchev–Trinajstić information content (AvgIpc) is 2.88. The third-order valence-corrected chi connectivity index (χ3v) is 2.15. The monoisotopic (exact) mass is 246 g/mol. The van der Waals surface area contributed by atoms with Crippen molar-refractivity contribution in [3.63, 3.8) is 0 Å². The maximum Gasteiger partial charge on any atom is 0.286 e. The summed E-state index contributed by atoms with van der Waals surface area (Å²) in [5.74, 6) is 3.86. The number of carbonyl (C=O) groups is 2. The van der Waals surface area contributed by atoms with Crippen LogP contribution < -0.4 is 16.6 Å². The molecule has 0 saturated carbocycles. The number of pyridine rings is 1. The molecule has 0 aliphatic heterocycles. The second-order valence-corrected chi connectivity index (χ2v) is 3.29. The Morgan fingerprint density at radius 1 is 1.22 bits per heavy atom. The molecule has 2 heterocycles. The standard InChI is InChI=1S/C10H10N6O2/c11-16-10(18)8-7(13-5-14-8)9(17)15-6-1-3-12-4-2-6/h1-5H,11H2,(H,13,14)(H,16,18)(H,12,15,17). The Morgan fingerprint density at radius 2 is 1.94 bits per heavy atom. The fourth-order valence-electron chi connectivity index (χ4n) is 1.34. The van der Waals surface area contributed by atoms with Gasteiger partial charge in [-0.25, -0.2) is 10.8 Å². The van der Waals surface area contributed by atoms with E-state index in [9.17, 15) is 9.59 Å². The topological polar surface area (TPSA) is 126 Å². The molecule has 18 heavy (non-hydrogen) atoms. The van der Waals surface area contributed by atoms with Crippen LogP contribution in [0.2, 0.25) is 0 Å². The van der Waals surface area contributed by atoms with Crippen LogP contribution in [0.3, 0.4) is 0 Å². The number of rotatable bonds is 3. The Balaban J connectivity index is 2.20. The van der Waals surface area contributed by atoms with Crippen molar-refractivity contribution in [3.8, 4) is 0 Å². The summed E-state index contributed by atoms with van der Waals surface area (Å²) in [7, 11) is 0. The number of imidazole rings is 1. The Bertz CT molecular complexity index is 565. The van der Waals surface area contributed by atoms with Gasteiger partial charge in [0.05, 0.1) is 6.33 Å². The molecule has 0 aliphatic carbocycles. The maximum atomic E-state index is 11.9. The van der Waals surface area contributed by atoms with E-state index in [1.807, 2.05) is 5.43 Å². The lowest BCUT2D eigenvalue weighted by Crippen LogP contribution is -2.32. The van der Waals surface area contributed by atoms with Crippen molar-refractivity contribution in [1.29, 1.82) is 0 Å². The van der Waals surface area contributed by atoms with E-state index in [1.54, 1.807) is 12.1 Å². The quantitative estimate of drug-likeness (QED) is 0.335. The SMILES string of the molecule is NNC(=O)c1nc[nH]c1C(=O)Nc1ccncc1. The number of hydrogen-bond acceptors (Lipinski definition) is 5. The molecule has 0 aliphatic rings. The van der Waals surface area contributed by atoms with E-state index in [4.69, 9.17) is 5.84 Å². The molecule has 0 saturated heterocycles. The highest BCUT2D eigenvalue weighted by atomic mass is 16.2.